The quantitative estimate of drug-likeness (QED) is 0.616. The monoisotopic (exact) mass is 264 g/mol. The van der Waals surface area contributed by atoms with Crippen molar-refractivity contribution in [2.24, 2.45) is 5.92 Å². The number of benzene rings is 1. The Balaban J connectivity index is 2.01. The molecule has 5 nitrogen and oxygen atoms in total. The maximum atomic E-state index is 11.2. The van der Waals surface area contributed by atoms with Crippen LogP contribution in [0.1, 0.15) is 32.1 Å². The third kappa shape index (κ3) is 3.71. The Bertz CT molecular complexity index is 447. The fourth-order valence-electron chi connectivity index (χ4n) is 1.58. The molecule has 1 aliphatic rings. The summed E-state index contributed by atoms with van der Waals surface area (Å²) in [5, 5.41) is 0. The van der Waals surface area contributed by atoms with Crippen LogP contribution in [0.5, 0.6) is 5.75 Å². The predicted molar refractivity (Wildman–Crippen MR) is 66.3 cm³/mol. The average molecular weight is 264 g/mol. The number of hydrogen-bond acceptors (Lipinski definition) is 5. The van der Waals surface area contributed by atoms with Gasteiger partial charge in [-0.3, -0.25) is 9.59 Å². The summed E-state index contributed by atoms with van der Waals surface area (Å²) < 4.78 is 15.5. The molecule has 1 aromatic rings. The number of esters is 2. The number of ether oxygens (including phenoxy) is 3. The number of carbonyl (C=O) groups excluding carboxylic acids is 2. The topological polar surface area (TPSA) is 61.8 Å². The van der Waals surface area contributed by atoms with Crippen molar-refractivity contribution in [2.75, 3.05) is 6.61 Å². The van der Waals surface area contributed by atoms with Crippen LogP contribution in [0.25, 0.3) is 0 Å². The van der Waals surface area contributed by atoms with Crippen LogP contribution in [0.15, 0.2) is 24.3 Å². The summed E-state index contributed by atoms with van der Waals surface area (Å²) >= 11 is 0. The van der Waals surface area contributed by atoms with E-state index >= 15 is 0 Å². The lowest BCUT2D eigenvalue weighted by Gasteiger charge is -2.22. The number of cyclic esters (lactones) is 2. The molecule has 1 aliphatic heterocycles. The van der Waals surface area contributed by atoms with Crippen LogP contribution in [-0.4, -0.2) is 18.5 Å². The van der Waals surface area contributed by atoms with E-state index in [4.69, 9.17) is 14.2 Å². The third-order valence-corrected chi connectivity index (χ3v) is 2.50. The van der Waals surface area contributed by atoms with Gasteiger partial charge in [0.1, 0.15) is 12.2 Å². The highest BCUT2D eigenvalue weighted by Gasteiger charge is 2.28. The zero-order chi connectivity index (χ0) is 13.8. The smallest absolute Gasteiger partial charge is 0.320 e. The van der Waals surface area contributed by atoms with Gasteiger partial charge < -0.3 is 14.2 Å². The van der Waals surface area contributed by atoms with Crippen molar-refractivity contribution in [3.8, 4) is 5.75 Å². The summed E-state index contributed by atoms with van der Waals surface area (Å²) in [6, 6.07) is 6.94. The van der Waals surface area contributed by atoms with Crippen molar-refractivity contribution in [3.63, 3.8) is 0 Å². The Kier molecular flexibility index (Phi) is 4.04. The summed E-state index contributed by atoms with van der Waals surface area (Å²) in [4.78, 5) is 22.3. The van der Waals surface area contributed by atoms with Crippen LogP contribution >= 0.6 is 0 Å². The number of rotatable bonds is 4. The molecule has 2 rings (SSSR count). The van der Waals surface area contributed by atoms with Crippen LogP contribution < -0.4 is 4.74 Å². The van der Waals surface area contributed by atoms with Crippen LogP contribution in [0, 0.1) is 5.92 Å². The molecule has 0 aliphatic carbocycles. The summed E-state index contributed by atoms with van der Waals surface area (Å²) in [7, 11) is 0. The Morgan fingerprint density at radius 2 is 1.74 bits per heavy atom. The zero-order valence-corrected chi connectivity index (χ0v) is 10.9. The molecular weight excluding hydrogens is 248 g/mol. The first kappa shape index (κ1) is 13.4. The molecule has 0 bridgehead atoms. The van der Waals surface area contributed by atoms with Gasteiger partial charge in [-0.1, -0.05) is 13.8 Å². The van der Waals surface area contributed by atoms with E-state index in [0.29, 0.717) is 18.1 Å². The Morgan fingerprint density at radius 1 is 1.16 bits per heavy atom. The second kappa shape index (κ2) is 5.73. The highest BCUT2D eigenvalue weighted by Crippen LogP contribution is 2.25. The fraction of sp³-hybridized carbons (Fsp3) is 0.429. The van der Waals surface area contributed by atoms with Gasteiger partial charge in [0.05, 0.1) is 6.61 Å². The first-order valence-corrected chi connectivity index (χ1v) is 6.16. The van der Waals surface area contributed by atoms with E-state index in [1.54, 1.807) is 24.3 Å². The molecule has 0 saturated carbocycles. The van der Waals surface area contributed by atoms with Crippen molar-refractivity contribution < 1.29 is 23.8 Å². The summed E-state index contributed by atoms with van der Waals surface area (Å²) in [6.07, 6.45) is -1.28. The van der Waals surface area contributed by atoms with Crippen LogP contribution in [0.3, 0.4) is 0 Å². The first-order chi connectivity index (χ1) is 9.04. The highest BCUT2D eigenvalue weighted by molar-refractivity contribution is 5.92. The van der Waals surface area contributed by atoms with Crippen LogP contribution in [0.4, 0.5) is 0 Å². The van der Waals surface area contributed by atoms with E-state index in [1.165, 1.54) is 0 Å². The molecule has 19 heavy (non-hydrogen) atoms. The maximum Gasteiger partial charge on any atom is 0.320 e. The maximum absolute atomic E-state index is 11.2. The lowest BCUT2D eigenvalue weighted by atomic mass is 10.2. The van der Waals surface area contributed by atoms with Gasteiger partial charge in [-0.05, 0) is 30.2 Å². The minimum absolute atomic E-state index is 0.327. The number of hydrogen-bond donors (Lipinski definition) is 0. The van der Waals surface area contributed by atoms with Gasteiger partial charge in [0, 0.05) is 5.56 Å². The summed E-state index contributed by atoms with van der Waals surface area (Å²) in [5.74, 6) is 0.0358. The summed E-state index contributed by atoms with van der Waals surface area (Å²) in [5.41, 5.74) is 0.610. The van der Waals surface area contributed by atoms with Gasteiger partial charge in [-0.25, -0.2) is 0 Å². The van der Waals surface area contributed by atoms with Gasteiger partial charge in [-0.2, -0.15) is 0 Å². The van der Waals surface area contributed by atoms with Gasteiger partial charge >= 0.3 is 11.9 Å². The van der Waals surface area contributed by atoms with Crippen molar-refractivity contribution in [1.29, 1.82) is 0 Å². The molecule has 0 radical (unpaired) electrons. The second-order valence-electron chi connectivity index (χ2n) is 4.76. The van der Waals surface area contributed by atoms with Crippen molar-refractivity contribution in [1.82, 2.24) is 0 Å². The van der Waals surface area contributed by atoms with Crippen molar-refractivity contribution in [3.05, 3.63) is 29.8 Å². The second-order valence-corrected chi connectivity index (χ2v) is 4.76. The lowest BCUT2D eigenvalue weighted by Crippen LogP contribution is -2.26. The number of carbonyl (C=O) groups is 2. The molecule has 1 fully saturated rings. The zero-order valence-electron chi connectivity index (χ0n) is 10.9. The van der Waals surface area contributed by atoms with Gasteiger partial charge in [-0.15, -0.1) is 0 Å². The fourth-order valence-corrected chi connectivity index (χ4v) is 1.58. The van der Waals surface area contributed by atoms with E-state index in [-0.39, 0.29) is 6.42 Å². The van der Waals surface area contributed by atoms with E-state index in [0.717, 1.165) is 5.75 Å². The minimum Gasteiger partial charge on any atom is -0.493 e. The van der Waals surface area contributed by atoms with Gasteiger partial charge in [0.2, 0.25) is 0 Å². The Morgan fingerprint density at radius 3 is 2.26 bits per heavy atom. The Labute approximate surface area is 111 Å². The molecule has 0 unspecified atom stereocenters. The molecule has 5 heteroatoms. The van der Waals surface area contributed by atoms with E-state index < -0.39 is 18.2 Å². The molecule has 102 valence electrons. The highest BCUT2D eigenvalue weighted by atomic mass is 16.7. The van der Waals surface area contributed by atoms with Crippen molar-refractivity contribution in [2.45, 2.75) is 26.6 Å². The first-order valence-electron chi connectivity index (χ1n) is 6.16. The molecule has 1 heterocycles. The lowest BCUT2D eigenvalue weighted by molar-refractivity contribution is -0.204. The molecule has 1 saturated heterocycles. The van der Waals surface area contributed by atoms with E-state index in [2.05, 4.69) is 13.8 Å². The molecule has 0 spiro atoms. The van der Waals surface area contributed by atoms with Crippen molar-refractivity contribution >= 4 is 11.9 Å². The molecule has 0 aromatic heterocycles. The summed E-state index contributed by atoms with van der Waals surface area (Å²) in [6.45, 7) is 4.76. The molecule has 0 N–H and O–H groups in total. The Hall–Kier alpha value is -2.04. The minimum atomic E-state index is -0.951. The molecular formula is C14H16O5. The largest absolute Gasteiger partial charge is 0.493 e. The molecule has 1 aromatic carbocycles. The predicted octanol–water partition coefficient (Wildman–Crippen LogP) is 2.21. The molecule has 0 amide bonds. The molecule has 0 atom stereocenters. The standard InChI is InChI=1S/C14H16O5/c1-9(2)8-17-11-5-3-10(4-6-11)14-18-12(15)7-13(16)19-14/h3-6,9,14H,7-8H2,1-2H3. The van der Waals surface area contributed by atoms with Crippen LogP contribution in [0.2, 0.25) is 0 Å². The van der Waals surface area contributed by atoms with Gasteiger partial charge in [0.25, 0.3) is 6.29 Å². The van der Waals surface area contributed by atoms with E-state index in [9.17, 15) is 9.59 Å². The van der Waals surface area contributed by atoms with Crippen LogP contribution in [-0.2, 0) is 19.1 Å². The normalized spacial score (nSPS) is 16.2. The van der Waals surface area contributed by atoms with Gasteiger partial charge in [0.15, 0.2) is 0 Å². The van der Waals surface area contributed by atoms with E-state index in [1.807, 2.05) is 0 Å². The SMILES string of the molecule is CC(C)COc1ccc(C2OC(=O)CC(=O)O2)cc1. The average Bonchev–Trinajstić information content (AvgIpc) is 2.36. The third-order valence-electron chi connectivity index (χ3n) is 2.50.